The zero-order chi connectivity index (χ0) is 15.6. The summed E-state index contributed by atoms with van der Waals surface area (Å²) in [6.07, 6.45) is 2.47. The van der Waals surface area contributed by atoms with Gasteiger partial charge < -0.3 is 5.43 Å². The number of nitro groups is 1. The molecule has 2 rings (SSSR count). The lowest BCUT2D eigenvalue weighted by atomic mass is 10.1. The summed E-state index contributed by atoms with van der Waals surface area (Å²) in [4.78, 5) is 10.1. The summed E-state index contributed by atoms with van der Waals surface area (Å²) in [5.74, 6) is 5.27. The number of piperidine rings is 1. The maximum Gasteiger partial charge on any atom is 0.289 e. The number of benzene rings is 1. The van der Waals surface area contributed by atoms with E-state index in [1.165, 1.54) is 16.4 Å². The number of anilines is 1. The van der Waals surface area contributed by atoms with Gasteiger partial charge in [0.15, 0.2) is 4.90 Å². The molecule has 1 atom stereocenters. The van der Waals surface area contributed by atoms with E-state index in [2.05, 4.69) is 5.43 Å². The maximum absolute atomic E-state index is 12.7. The van der Waals surface area contributed by atoms with Crippen LogP contribution in [0.5, 0.6) is 0 Å². The Morgan fingerprint density at radius 3 is 2.71 bits per heavy atom. The third-order valence-corrected chi connectivity index (χ3v) is 5.69. The van der Waals surface area contributed by atoms with Crippen molar-refractivity contribution in [2.75, 3.05) is 12.0 Å². The van der Waals surface area contributed by atoms with Crippen LogP contribution in [-0.2, 0) is 10.0 Å². The van der Waals surface area contributed by atoms with Gasteiger partial charge in [0.2, 0.25) is 10.0 Å². The number of rotatable bonds is 4. The predicted octanol–water partition coefficient (Wildman–Crippen LogP) is 1.44. The van der Waals surface area contributed by atoms with Gasteiger partial charge in [0, 0.05) is 18.7 Å². The molecule has 0 radical (unpaired) electrons. The van der Waals surface area contributed by atoms with Gasteiger partial charge >= 0.3 is 0 Å². The monoisotopic (exact) mass is 314 g/mol. The summed E-state index contributed by atoms with van der Waals surface area (Å²) in [5, 5.41) is 11.1. The third-order valence-electron chi connectivity index (χ3n) is 3.65. The molecule has 0 amide bonds. The first-order valence-corrected chi connectivity index (χ1v) is 8.09. The molecule has 1 saturated heterocycles. The molecule has 1 aliphatic rings. The molecule has 0 bridgehead atoms. The van der Waals surface area contributed by atoms with Crippen molar-refractivity contribution in [3.05, 3.63) is 28.3 Å². The minimum Gasteiger partial charge on any atom is -0.324 e. The SMILES string of the molecule is CC1CCCCN1S(=O)(=O)c1cc(NN)ccc1[N+](=O)[O-]. The van der Waals surface area contributed by atoms with E-state index in [0.717, 1.165) is 25.3 Å². The molecule has 0 aliphatic carbocycles. The fraction of sp³-hybridized carbons (Fsp3) is 0.500. The smallest absolute Gasteiger partial charge is 0.289 e. The zero-order valence-corrected chi connectivity index (χ0v) is 12.5. The highest BCUT2D eigenvalue weighted by molar-refractivity contribution is 7.89. The molecule has 1 unspecified atom stereocenters. The Morgan fingerprint density at radius 2 is 2.14 bits per heavy atom. The van der Waals surface area contributed by atoms with Crippen molar-refractivity contribution in [3.63, 3.8) is 0 Å². The number of nitrogens with one attached hydrogen (secondary N) is 1. The van der Waals surface area contributed by atoms with Crippen molar-refractivity contribution >= 4 is 21.4 Å². The standard InChI is InChI=1S/C12H18N4O4S/c1-9-4-2-3-7-15(9)21(19,20)12-8-10(14-13)5-6-11(12)16(17)18/h5-6,8-9,14H,2-4,7,13H2,1H3. The van der Waals surface area contributed by atoms with Gasteiger partial charge in [0.25, 0.3) is 5.69 Å². The van der Waals surface area contributed by atoms with Gasteiger partial charge in [-0.1, -0.05) is 6.42 Å². The number of nitrogens with two attached hydrogens (primary N) is 1. The van der Waals surface area contributed by atoms with Crippen molar-refractivity contribution in [1.29, 1.82) is 0 Å². The minimum atomic E-state index is -3.92. The summed E-state index contributed by atoms with van der Waals surface area (Å²) < 4.78 is 26.8. The maximum atomic E-state index is 12.7. The molecule has 1 fully saturated rings. The molecule has 0 aromatic heterocycles. The molecule has 3 N–H and O–H groups in total. The van der Waals surface area contributed by atoms with Crippen LogP contribution in [0.3, 0.4) is 0 Å². The highest BCUT2D eigenvalue weighted by atomic mass is 32.2. The molecule has 9 heteroatoms. The molecular weight excluding hydrogens is 296 g/mol. The molecule has 8 nitrogen and oxygen atoms in total. The average molecular weight is 314 g/mol. The summed E-state index contributed by atoms with van der Waals surface area (Å²) in [5.41, 5.74) is 2.19. The number of hydrogen-bond donors (Lipinski definition) is 2. The van der Waals surface area contributed by atoms with Gasteiger partial charge in [-0.2, -0.15) is 4.31 Å². The lowest BCUT2D eigenvalue weighted by molar-refractivity contribution is -0.387. The highest BCUT2D eigenvalue weighted by Gasteiger charge is 2.35. The van der Waals surface area contributed by atoms with Crippen molar-refractivity contribution in [2.24, 2.45) is 5.84 Å². The van der Waals surface area contributed by atoms with Crippen LogP contribution in [0.2, 0.25) is 0 Å². The molecule has 1 aliphatic heterocycles. The molecule has 0 spiro atoms. The average Bonchev–Trinajstić information content (AvgIpc) is 2.46. The van der Waals surface area contributed by atoms with Crippen LogP contribution >= 0.6 is 0 Å². The van der Waals surface area contributed by atoms with Crippen molar-refractivity contribution in [3.8, 4) is 0 Å². The first-order valence-electron chi connectivity index (χ1n) is 6.65. The topological polar surface area (TPSA) is 119 Å². The molecule has 21 heavy (non-hydrogen) atoms. The van der Waals surface area contributed by atoms with E-state index < -0.39 is 20.6 Å². The fourth-order valence-electron chi connectivity index (χ4n) is 2.52. The van der Waals surface area contributed by atoms with Crippen LogP contribution in [-0.4, -0.2) is 30.2 Å². The Bertz CT molecular complexity index is 647. The van der Waals surface area contributed by atoms with E-state index in [1.54, 1.807) is 0 Å². The summed E-state index contributed by atoms with van der Waals surface area (Å²) >= 11 is 0. The first-order chi connectivity index (χ1) is 9.87. The fourth-order valence-corrected chi connectivity index (χ4v) is 4.40. The van der Waals surface area contributed by atoms with Crippen LogP contribution in [0, 0.1) is 10.1 Å². The van der Waals surface area contributed by atoms with E-state index in [1.807, 2.05) is 6.92 Å². The van der Waals surface area contributed by atoms with Crippen LogP contribution in [0.15, 0.2) is 23.1 Å². The predicted molar refractivity (Wildman–Crippen MR) is 78.1 cm³/mol. The second kappa shape index (κ2) is 5.96. The Hall–Kier alpha value is -1.71. The van der Waals surface area contributed by atoms with E-state index in [-0.39, 0.29) is 10.9 Å². The zero-order valence-electron chi connectivity index (χ0n) is 11.7. The van der Waals surface area contributed by atoms with Crippen LogP contribution in [0.4, 0.5) is 11.4 Å². The van der Waals surface area contributed by atoms with Crippen LogP contribution in [0.1, 0.15) is 26.2 Å². The number of hydrogen-bond acceptors (Lipinski definition) is 6. The van der Waals surface area contributed by atoms with Gasteiger partial charge in [-0.05, 0) is 31.9 Å². The van der Waals surface area contributed by atoms with Gasteiger partial charge in [-0.15, -0.1) is 0 Å². The first kappa shape index (κ1) is 15.7. The van der Waals surface area contributed by atoms with Crippen molar-refractivity contribution in [1.82, 2.24) is 4.31 Å². The number of nitrogens with zero attached hydrogens (tertiary/aromatic N) is 2. The normalized spacial score (nSPS) is 20.2. The number of hydrazine groups is 1. The lowest BCUT2D eigenvalue weighted by Crippen LogP contribution is -2.42. The van der Waals surface area contributed by atoms with Gasteiger partial charge in [-0.3, -0.25) is 16.0 Å². The van der Waals surface area contributed by atoms with Crippen molar-refractivity contribution < 1.29 is 13.3 Å². The Labute approximate surface area is 123 Å². The van der Waals surface area contributed by atoms with Crippen molar-refractivity contribution in [2.45, 2.75) is 37.1 Å². The van der Waals surface area contributed by atoms with E-state index >= 15 is 0 Å². The Kier molecular flexibility index (Phi) is 4.45. The molecule has 1 aromatic rings. The Morgan fingerprint density at radius 1 is 1.43 bits per heavy atom. The van der Waals surface area contributed by atoms with E-state index in [4.69, 9.17) is 5.84 Å². The lowest BCUT2D eigenvalue weighted by Gasteiger charge is -2.32. The molecule has 116 valence electrons. The number of nitrogen functional groups attached to an aromatic ring is 1. The molecule has 1 aromatic carbocycles. The Balaban J connectivity index is 2.54. The third kappa shape index (κ3) is 2.99. The summed E-state index contributed by atoms with van der Waals surface area (Å²) in [6.45, 7) is 2.19. The van der Waals surface area contributed by atoms with Gasteiger partial charge in [-0.25, -0.2) is 8.42 Å². The second-order valence-corrected chi connectivity index (χ2v) is 6.90. The van der Waals surface area contributed by atoms with Crippen LogP contribution < -0.4 is 11.3 Å². The highest BCUT2D eigenvalue weighted by Crippen LogP contribution is 2.32. The summed E-state index contributed by atoms with van der Waals surface area (Å²) in [6, 6.07) is 3.56. The van der Waals surface area contributed by atoms with E-state index in [0.29, 0.717) is 12.2 Å². The van der Waals surface area contributed by atoms with E-state index in [9.17, 15) is 18.5 Å². The molecular formula is C12H18N4O4S. The second-order valence-electron chi connectivity index (χ2n) is 5.04. The quantitative estimate of drug-likeness (QED) is 0.493. The molecule has 0 saturated carbocycles. The van der Waals surface area contributed by atoms with Crippen LogP contribution in [0.25, 0.3) is 0 Å². The molecule has 1 heterocycles. The van der Waals surface area contributed by atoms with Gasteiger partial charge in [0.1, 0.15) is 0 Å². The largest absolute Gasteiger partial charge is 0.324 e. The minimum absolute atomic E-state index is 0.169. The number of nitro benzene ring substituents is 1. The summed E-state index contributed by atoms with van der Waals surface area (Å²) in [7, 11) is -3.92. The number of sulfonamides is 1. The van der Waals surface area contributed by atoms with Gasteiger partial charge in [0.05, 0.1) is 10.6 Å².